The van der Waals surface area contributed by atoms with E-state index in [9.17, 15) is 18.0 Å². The van der Waals surface area contributed by atoms with Crippen molar-refractivity contribution in [1.82, 2.24) is 0 Å². The summed E-state index contributed by atoms with van der Waals surface area (Å²) >= 11 is 0. The van der Waals surface area contributed by atoms with Gasteiger partial charge in [-0.25, -0.2) is 4.79 Å². The normalized spacial score (nSPS) is 10.9. The van der Waals surface area contributed by atoms with Crippen molar-refractivity contribution in [3.8, 4) is 17.2 Å². The molecule has 0 aliphatic heterocycles. The molecule has 2 aromatic carbocycles. The molecule has 22 heavy (non-hydrogen) atoms. The van der Waals surface area contributed by atoms with Gasteiger partial charge in [-0.2, -0.15) is 0 Å². The van der Waals surface area contributed by atoms with Crippen LogP contribution in [0.4, 0.5) is 13.2 Å². The summed E-state index contributed by atoms with van der Waals surface area (Å²) in [5, 5.41) is 0. The molecule has 0 bridgehead atoms. The highest BCUT2D eigenvalue weighted by Crippen LogP contribution is 2.28. The molecule has 2 aromatic rings. The van der Waals surface area contributed by atoms with Gasteiger partial charge in [-0.1, -0.05) is 6.07 Å². The third kappa shape index (κ3) is 4.41. The first-order valence-electron chi connectivity index (χ1n) is 6.09. The van der Waals surface area contributed by atoms with Crippen molar-refractivity contribution in [1.29, 1.82) is 0 Å². The smallest absolute Gasteiger partial charge is 0.465 e. The molecule has 4 nitrogen and oxygen atoms in total. The molecule has 116 valence electrons. The maximum absolute atomic E-state index is 12.1. The van der Waals surface area contributed by atoms with Gasteiger partial charge in [0.25, 0.3) is 0 Å². The summed E-state index contributed by atoms with van der Waals surface area (Å²) in [6, 6.07) is 11.1. The van der Waals surface area contributed by atoms with Gasteiger partial charge in [0.2, 0.25) is 0 Å². The molecule has 0 aliphatic rings. The van der Waals surface area contributed by atoms with Gasteiger partial charge in [-0.05, 0) is 36.4 Å². The highest BCUT2D eigenvalue weighted by molar-refractivity contribution is 5.89. The topological polar surface area (TPSA) is 44.8 Å². The minimum absolute atomic E-state index is 0.174. The number of methoxy groups -OCH3 is 1. The van der Waals surface area contributed by atoms with Crippen molar-refractivity contribution >= 4 is 5.97 Å². The van der Waals surface area contributed by atoms with Crippen LogP contribution < -0.4 is 9.47 Å². The molecule has 0 saturated heterocycles. The fraction of sp³-hybridized carbons (Fsp3) is 0.133. The number of benzene rings is 2. The number of hydrogen-bond donors (Lipinski definition) is 0. The second-order valence-corrected chi connectivity index (χ2v) is 4.14. The van der Waals surface area contributed by atoms with Crippen LogP contribution in [0.3, 0.4) is 0 Å². The SMILES string of the molecule is COC(=O)c1ccc(Oc2cccc(OC(F)(F)F)c2)cc1. The molecule has 0 fully saturated rings. The van der Waals surface area contributed by atoms with Gasteiger partial charge in [0, 0.05) is 6.07 Å². The van der Waals surface area contributed by atoms with Crippen molar-refractivity contribution in [2.45, 2.75) is 6.36 Å². The van der Waals surface area contributed by atoms with E-state index < -0.39 is 12.3 Å². The first-order valence-corrected chi connectivity index (χ1v) is 6.09. The van der Waals surface area contributed by atoms with E-state index in [1.165, 1.54) is 49.6 Å². The van der Waals surface area contributed by atoms with Crippen molar-refractivity contribution in [3.63, 3.8) is 0 Å². The molecule has 2 rings (SSSR count). The summed E-state index contributed by atoms with van der Waals surface area (Å²) in [6.07, 6.45) is -4.76. The molecule has 0 spiro atoms. The van der Waals surface area contributed by atoms with Crippen molar-refractivity contribution in [3.05, 3.63) is 54.1 Å². The van der Waals surface area contributed by atoms with Crippen LogP contribution in [-0.4, -0.2) is 19.4 Å². The maximum atomic E-state index is 12.1. The molecule has 7 heteroatoms. The lowest BCUT2D eigenvalue weighted by atomic mass is 10.2. The number of esters is 1. The predicted molar refractivity (Wildman–Crippen MR) is 71.0 cm³/mol. The van der Waals surface area contributed by atoms with Crippen LogP contribution >= 0.6 is 0 Å². The number of halogens is 3. The quantitative estimate of drug-likeness (QED) is 0.795. The van der Waals surface area contributed by atoms with Gasteiger partial charge >= 0.3 is 12.3 Å². The Kier molecular flexibility index (Phi) is 4.55. The number of carbonyl (C=O) groups is 1. The summed E-state index contributed by atoms with van der Waals surface area (Å²) in [5.41, 5.74) is 0.337. The van der Waals surface area contributed by atoms with Crippen LogP contribution in [0, 0.1) is 0 Å². The van der Waals surface area contributed by atoms with Crippen LogP contribution in [0.2, 0.25) is 0 Å². The number of alkyl halides is 3. The Labute approximate surface area is 124 Å². The van der Waals surface area contributed by atoms with E-state index in [2.05, 4.69) is 9.47 Å². The molecule has 0 saturated carbocycles. The lowest BCUT2D eigenvalue weighted by Gasteiger charge is -2.11. The van der Waals surface area contributed by atoms with Gasteiger partial charge in [0.15, 0.2) is 0 Å². The maximum Gasteiger partial charge on any atom is 0.573 e. The molecule has 0 amide bonds. The summed E-state index contributed by atoms with van der Waals surface area (Å²) in [5.74, 6) is -0.340. The zero-order chi connectivity index (χ0) is 16.2. The van der Waals surface area contributed by atoms with Gasteiger partial charge in [-0.3, -0.25) is 0 Å². The Hall–Kier alpha value is -2.70. The summed E-state index contributed by atoms with van der Waals surface area (Å²) in [7, 11) is 1.26. The third-order valence-corrected chi connectivity index (χ3v) is 2.55. The molecule has 0 aliphatic carbocycles. The Morgan fingerprint density at radius 2 is 1.59 bits per heavy atom. The van der Waals surface area contributed by atoms with E-state index in [0.717, 1.165) is 6.07 Å². The van der Waals surface area contributed by atoms with Crippen LogP contribution in [-0.2, 0) is 4.74 Å². The van der Waals surface area contributed by atoms with Gasteiger partial charge < -0.3 is 14.2 Å². The molecule has 0 heterocycles. The second-order valence-electron chi connectivity index (χ2n) is 4.14. The molecular weight excluding hydrogens is 301 g/mol. The van der Waals surface area contributed by atoms with E-state index in [1.807, 2.05) is 0 Å². The minimum atomic E-state index is -4.76. The number of hydrogen-bond acceptors (Lipinski definition) is 4. The average Bonchev–Trinajstić information content (AvgIpc) is 2.46. The van der Waals surface area contributed by atoms with Crippen molar-refractivity contribution in [2.75, 3.05) is 7.11 Å². The molecule has 0 radical (unpaired) electrons. The van der Waals surface area contributed by atoms with Gasteiger partial charge in [0.1, 0.15) is 17.2 Å². The lowest BCUT2D eigenvalue weighted by molar-refractivity contribution is -0.274. The molecule has 0 N–H and O–H groups in total. The van der Waals surface area contributed by atoms with E-state index in [1.54, 1.807) is 0 Å². The second kappa shape index (κ2) is 6.38. The van der Waals surface area contributed by atoms with Crippen molar-refractivity contribution < 1.29 is 32.2 Å². The summed E-state index contributed by atoms with van der Waals surface area (Å²) in [6.45, 7) is 0. The van der Waals surface area contributed by atoms with Crippen LogP contribution in [0.15, 0.2) is 48.5 Å². The largest absolute Gasteiger partial charge is 0.573 e. The van der Waals surface area contributed by atoms with Crippen LogP contribution in [0.25, 0.3) is 0 Å². The van der Waals surface area contributed by atoms with E-state index in [-0.39, 0.29) is 11.5 Å². The average molecular weight is 312 g/mol. The van der Waals surface area contributed by atoms with Crippen LogP contribution in [0.5, 0.6) is 17.2 Å². The Morgan fingerprint density at radius 3 is 2.18 bits per heavy atom. The molecule has 0 unspecified atom stereocenters. The fourth-order valence-corrected chi connectivity index (χ4v) is 1.65. The standard InChI is InChI=1S/C15H11F3O4/c1-20-14(19)10-5-7-11(8-6-10)21-12-3-2-4-13(9-12)22-15(16,17)18/h2-9H,1H3. The Bertz CT molecular complexity index is 651. The monoisotopic (exact) mass is 312 g/mol. The molecule has 0 aromatic heterocycles. The first kappa shape index (κ1) is 15.7. The van der Waals surface area contributed by atoms with Crippen molar-refractivity contribution in [2.24, 2.45) is 0 Å². The Morgan fingerprint density at radius 1 is 0.955 bits per heavy atom. The number of rotatable bonds is 4. The third-order valence-electron chi connectivity index (χ3n) is 2.55. The molecular formula is C15H11F3O4. The predicted octanol–water partition coefficient (Wildman–Crippen LogP) is 4.16. The van der Waals surface area contributed by atoms with E-state index in [4.69, 9.17) is 4.74 Å². The summed E-state index contributed by atoms with van der Waals surface area (Å²) < 4.78 is 50.2. The lowest BCUT2D eigenvalue weighted by Crippen LogP contribution is -2.17. The zero-order valence-corrected chi connectivity index (χ0v) is 11.4. The van der Waals surface area contributed by atoms with E-state index in [0.29, 0.717) is 11.3 Å². The fourth-order valence-electron chi connectivity index (χ4n) is 1.65. The van der Waals surface area contributed by atoms with Crippen LogP contribution in [0.1, 0.15) is 10.4 Å². The number of carbonyl (C=O) groups excluding carboxylic acids is 1. The highest BCUT2D eigenvalue weighted by Gasteiger charge is 2.31. The Balaban J connectivity index is 2.10. The van der Waals surface area contributed by atoms with Gasteiger partial charge in [-0.15, -0.1) is 13.2 Å². The highest BCUT2D eigenvalue weighted by atomic mass is 19.4. The van der Waals surface area contributed by atoms with E-state index >= 15 is 0 Å². The minimum Gasteiger partial charge on any atom is -0.465 e. The molecule has 0 atom stereocenters. The first-order chi connectivity index (χ1) is 10.4. The summed E-state index contributed by atoms with van der Waals surface area (Å²) in [4.78, 5) is 11.3. The van der Waals surface area contributed by atoms with Gasteiger partial charge in [0.05, 0.1) is 12.7 Å². The zero-order valence-electron chi connectivity index (χ0n) is 11.4. The number of ether oxygens (including phenoxy) is 3.